The van der Waals surface area contributed by atoms with Gasteiger partial charge in [-0.25, -0.2) is 9.67 Å². The summed E-state index contributed by atoms with van der Waals surface area (Å²) < 4.78 is 83.9. The molecule has 0 unspecified atom stereocenters. The highest BCUT2D eigenvalue weighted by molar-refractivity contribution is 5.98. The number of hydrogen-bond donors (Lipinski definition) is 1. The van der Waals surface area contributed by atoms with Gasteiger partial charge in [-0.15, -0.1) is 0 Å². The predicted octanol–water partition coefficient (Wildman–Crippen LogP) is 3.82. The van der Waals surface area contributed by atoms with Gasteiger partial charge in [-0.3, -0.25) is 9.59 Å². The average Bonchev–Trinajstić information content (AvgIpc) is 3.01. The molecule has 0 bridgehead atoms. The van der Waals surface area contributed by atoms with E-state index in [1.165, 1.54) is 25.4 Å². The molecule has 33 heavy (non-hydrogen) atoms. The van der Waals surface area contributed by atoms with Gasteiger partial charge >= 0.3 is 17.9 Å². The SMILES string of the molecule is CC(=O)Nc1cc2c(-c3cc(OCC(F)(F)F)c(=O)n([C@@H](C)C(F)(F)F)n3)cn(C)c2cn1. The minimum atomic E-state index is -4.90. The Morgan fingerprint density at radius 2 is 1.88 bits per heavy atom. The molecule has 1 amide bonds. The van der Waals surface area contributed by atoms with Crippen LogP contribution in [0.5, 0.6) is 5.75 Å². The Hall–Kier alpha value is -3.58. The van der Waals surface area contributed by atoms with Crippen molar-refractivity contribution in [3.63, 3.8) is 0 Å². The lowest BCUT2D eigenvalue weighted by Gasteiger charge is -2.19. The van der Waals surface area contributed by atoms with Crippen LogP contribution in [-0.2, 0) is 11.8 Å². The Balaban J connectivity index is 2.24. The molecule has 0 saturated carbocycles. The largest absolute Gasteiger partial charge is 0.478 e. The molecule has 0 aliphatic rings. The number of ether oxygens (including phenoxy) is 1. The maximum absolute atomic E-state index is 13.3. The molecule has 0 spiro atoms. The van der Waals surface area contributed by atoms with Crippen molar-refractivity contribution in [2.75, 3.05) is 11.9 Å². The molecule has 178 valence electrons. The Kier molecular flexibility index (Phi) is 6.13. The van der Waals surface area contributed by atoms with Crippen LogP contribution in [0.1, 0.15) is 19.9 Å². The fourth-order valence-corrected chi connectivity index (χ4v) is 3.02. The van der Waals surface area contributed by atoms with Crippen LogP contribution in [0.2, 0.25) is 0 Å². The van der Waals surface area contributed by atoms with Crippen molar-refractivity contribution in [3.8, 4) is 17.0 Å². The molecule has 3 rings (SSSR count). The summed E-state index contributed by atoms with van der Waals surface area (Å²) in [4.78, 5) is 27.8. The molecule has 1 N–H and O–H groups in total. The molecule has 14 heteroatoms. The monoisotopic (exact) mass is 477 g/mol. The van der Waals surface area contributed by atoms with Gasteiger partial charge in [0.1, 0.15) is 11.9 Å². The number of pyridine rings is 1. The summed E-state index contributed by atoms with van der Waals surface area (Å²) in [7, 11) is 1.60. The molecular weight excluding hydrogens is 460 g/mol. The second-order valence-corrected chi connectivity index (χ2v) is 7.19. The van der Waals surface area contributed by atoms with Crippen LogP contribution in [0.15, 0.2) is 29.3 Å². The molecule has 3 aromatic heterocycles. The van der Waals surface area contributed by atoms with Crippen LogP contribution in [-0.4, -0.2) is 44.2 Å². The number of nitrogens with one attached hydrogen (secondary N) is 1. The lowest BCUT2D eigenvalue weighted by Crippen LogP contribution is -2.35. The maximum atomic E-state index is 13.3. The zero-order valence-electron chi connectivity index (χ0n) is 17.4. The highest BCUT2D eigenvalue weighted by atomic mass is 19.4. The van der Waals surface area contributed by atoms with Gasteiger partial charge in [0, 0.05) is 37.2 Å². The van der Waals surface area contributed by atoms with Crippen molar-refractivity contribution in [1.82, 2.24) is 19.3 Å². The van der Waals surface area contributed by atoms with E-state index < -0.39 is 42.2 Å². The van der Waals surface area contributed by atoms with Crippen LogP contribution >= 0.6 is 0 Å². The summed E-state index contributed by atoms with van der Waals surface area (Å²) in [6.07, 6.45) is -6.89. The van der Waals surface area contributed by atoms with Gasteiger partial charge < -0.3 is 14.6 Å². The third kappa shape index (κ3) is 5.26. The number of carbonyl (C=O) groups is 1. The Morgan fingerprint density at radius 3 is 2.45 bits per heavy atom. The standard InChI is InChI=1S/C19H17F6N5O3/c1-9(19(23,24)25)30-17(32)15(33-8-18(20,21)22)5-13(28-30)12-7-29(3)14-6-26-16(4-11(12)14)27-10(2)31/h4-7,9H,8H2,1-3H3,(H,26,27,31)/t9-/m0/s1. The van der Waals surface area contributed by atoms with Gasteiger partial charge in [0.25, 0.3) is 0 Å². The van der Waals surface area contributed by atoms with Crippen molar-refractivity contribution in [2.45, 2.75) is 32.2 Å². The molecule has 0 aromatic carbocycles. The number of anilines is 1. The molecule has 0 aliphatic heterocycles. The van der Waals surface area contributed by atoms with Crippen LogP contribution < -0.4 is 15.6 Å². The molecule has 8 nitrogen and oxygen atoms in total. The Labute approximate surface area is 181 Å². The van der Waals surface area contributed by atoms with E-state index in [-0.39, 0.29) is 21.8 Å². The number of halogens is 6. The highest BCUT2D eigenvalue weighted by Crippen LogP contribution is 2.33. The van der Waals surface area contributed by atoms with Crippen LogP contribution in [0.3, 0.4) is 0 Å². The smallest absolute Gasteiger partial charge is 0.422 e. The normalized spacial score (nSPS) is 13.2. The summed E-state index contributed by atoms with van der Waals surface area (Å²) in [5, 5.41) is 6.60. The first-order valence-electron chi connectivity index (χ1n) is 9.30. The Bertz CT molecular complexity index is 1260. The number of hydrogen-bond acceptors (Lipinski definition) is 5. The topological polar surface area (TPSA) is 91.0 Å². The zero-order valence-corrected chi connectivity index (χ0v) is 17.4. The van der Waals surface area contributed by atoms with E-state index in [1.807, 2.05) is 0 Å². The van der Waals surface area contributed by atoms with Crippen molar-refractivity contribution in [3.05, 3.63) is 34.9 Å². The number of aryl methyl sites for hydroxylation is 1. The number of nitrogens with zero attached hydrogens (tertiary/aromatic N) is 4. The third-order valence-electron chi connectivity index (χ3n) is 4.59. The molecule has 1 atom stereocenters. The van der Waals surface area contributed by atoms with Crippen LogP contribution in [0.4, 0.5) is 32.2 Å². The number of amides is 1. The van der Waals surface area contributed by atoms with Crippen molar-refractivity contribution in [2.24, 2.45) is 7.05 Å². The van der Waals surface area contributed by atoms with E-state index >= 15 is 0 Å². The number of aromatic nitrogens is 4. The molecule has 0 radical (unpaired) electrons. The molecule has 0 fully saturated rings. The summed E-state index contributed by atoms with van der Waals surface area (Å²) in [6, 6.07) is -0.169. The van der Waals surface area contributed by atoms with E-state index in [0.29, 0.717) is 17.8 Å². The fraction of sp³-hybridized carbons (Fsp3) is 0.368. The van der Waals surface area contributed by atoms with Crippen LogP contribution in [0.25, 0.3) is 22.2 Å². The quantitative estimate of drug-likeness (QED) is 0.565. The summed E-state index contributed by atoms with van der Waals surface area (Å²) in [6.45, 7) is 0.0177. The van der Waals surface area contributed by atoms with Gasteiger partial charge in [-0.2, -0.15) is 31.4 Å². The summed E-state index contributed by atoms with van der Waals surface area (Å²) >= 11 is 0. The second kappa shape index (κ2) is 8.41. The van der Waals surface area contributed by atoms with Crippen molar-refractivity contribution >= 4 is 22.6 Å². The molecular formula is C19H17F6N5O3. The van der Waals surface area contributed by atoms with E-state index in [0.717, 1.165) is 6.07 Å². The molecule has 3 heterocycles. The van der Waals surface area contributed by atoms with E-state index in [9.17, 15) is 35.9 Å². The zero-order chi connectivity index (χ0) is 24.7. The predicted molar refractivity (Wildman–Crippen MR) is 105 cm³/mol. The third-order valence-corrected chi connectivity index (χ3v) is 4.59. The number of carbonyl (C=O) groups excluding carboxylic acids is 1. The molecule has 3 aromatic rings. The average molecular weight is 477 g/mol. The highest BCUT2D eigenvalue weighted by Gasteiger charge is 2.40. The van der Waals surface area contributed by atoms with Gasteiger partial charge in [-0.1, -0.05) is 0 Å². The number of alkyl halides is 6. The van der Waals surface area contributed by atoms with Crippen molar-refractivity contribution < 1.29 is 35.9 Å². The second-order valence-electron chi connectivity index (χ2n) is 7.19. The lowest BCUT2D eigenvalue weighted by atomic mass is 10.1. The van der Waals surface area contributed by atoms with Crippen molar-refractivity contribution in [1.29, 1.82) is 0 Å². The minimum absolute atomic E-state index is 0.0375. The van der Waals surface area contributed by atoms with E-state index in [2.05, 4.69) is 20.1 Å². The maximum Gasteiger partial charge on any atom is 0.422 e. The molecule has 0 aliphatic carbocycles. The van der Waals surface area contributed by atoms with Crippen LogP contribution in [0, 0.1) is 0 Å². The summed E-state index contributed by atoms with van der Waals surface area (Å²) in [5.41, 5.74) is -1.04. The van der Waals surface area contributed by atoms with E-state index in [4.69, 9.17) is 0 Å². The molecule has 0 saturated heterocycles. The Morgan fingerprint density at radius 1 is 1.21 bits per heavy atom. The van der Waals surface area contributed by atoms with Gasteiger partial charge in [-0.05, 0) is 13.0 Å². The van der Waals surface area contributed by atoms with E-state index in [1.54, 1.807) is 11.6 Å². The first kappa shape index (κ1) is 24.1. The van der Waals surface area contributed by atoms with Gasteiger partial charge in [0.05, 0.1) is 17.4 Å². The number of fused-ring (bicyclic) bond motifs is 1. The van der Waals surface area contributed by atoms with Gasteiger partial charge in [0.2, 0.25) is 5.91 Å². The lowest BCUT2D eigenvalue weighted by molar-refractivity contribution is -0.167. The first-order valence-corrected chi connectivity index (χ1v) is 9.30. The fourth-order valence-electron chi connectivity index (χ4n) is 3.02. The summed E-state index contributed by atoms with van der Waals surface area (Å²) in [5.74, 6) is -1.23. The first-order chi connectivity index (χ1) is 15.2. The van der Waals surface area contributed by atoms with Gasteiger partial charge in [0.15, 0.2) is 12.4 Å². The minimum Gasteiger partial charge on any atom is -0.478 e. The number of rotatable bonds is 5.